The Labute approximate surface area is 95.9 Å². The zero-order chi connectivity index (χ0) is 10.4. The first kappa shape index (κ1) is 9.86. The van der Waals surface area contributed by atoms with E-state index in [9.17, 15) is 0 Å². The first-order chi connectivity index (χ1) is 7.29. The Morgan fingerprint density at radius 1 is 1.33 bits per heavy atom. The molecule has 3 unspecified atom stereocenters. The number of rotatable bonds is 3. The molecule has 2 heteroatoms. The van der Waals surface area contributed by atoms with Crippen LogP contribution in [0.3, 0.4) is 0 Å². The van der Waals surface area contributed by atoms with E-state index in [1.807, 2.05) is 11.3 Å². The van der Waals surface area contributed by atoms with Crippen LogP contribution >= 0.6 is 11.3 Å². The lowest BCUT2D eigenvalue weighted by molar-refractivity contribution is 0.359. The van der Waals surface area contributed by atoms with Crippen LogP contribution in [0.25, 0.3) is 0 Å². The third kappa shape index (κ3) is 1.64. The Balaban J connectivity index is 1.79. The summed E-state index contributed by atoms with van der Waals surface area (Å²) in [5.41, 5.74) is 1.55. The fraction of sp³-hybridized carbons (Fsp3) is 0.692. The van der Waals surface area contributed by atoms with Gasteiger partial charge in [0.25, 0.3) is 0 Å². The van der Waals surface area contributed by atoms with E-state index in [4.69, 9.17) is 0 Å². The van der Waals surface area contributed by atoms with E-state index in [0.29, 0.717) is 6.04 Å². The normalized spacial score (nSPS) is 35.2. The highest BCUT2D eigenvalue weighted by atomic mass is 32.1. The van der Waals surface area contributed by atoms with Gasteiger partial charge in [-0.3, -0.25) is 0 Å². The molecule has 1 nitrogen and oxygen atoms in total. The van der Waals surface area contributed by atoms with Gasteiger partial charge in [-0.2, -0.15) is 0 Å². The van der Waals surface area contributed by atoms with Crippen LogP contribution in [0.15, 0.2) is 11.4 Å². The largest absolute Gasteiger partial charge is 0.313 e. The van der Waals surface area contributed by atoms with E-state index < -0.39 is 0 Å². The standard InChI is InChI=1S/C13H19NS/c1-8-12(3-4-15-8)13(14-2)11-6-9-5-10(9)7-11/h3-4,9-11,13-14H,5-7H2,1-2H3. The lowest BCUT2D eigenvalue weighted by Crippen LogP contribution is -2.24. The topological polar surface area (TPSA) is 12.0 Å². The van der Waals surface area contributed by atoms with Crippen LogP contribution in [0.2, 0.25) is 0 Å². The molecular formula is C13H19NS. The third-order valence-corrected chi connectivity index (χ3v) is 5.16. The molecule has 1 aromatic heterocycles. The summed E-state index contributed by atoms with van der Waals surface area (Å²) < 4.78 is 0. The number of aryl methyl sites for hydroxylation is 1. The van der Waals surface area contributed by atoms with Gasteiger partial charge in [0.2, 0.25) is 0 Å². The molecule has 1 aromatic rings. The van der Waals surface area contributed by atoms with Gasteiger partial charge < -0.3 is 5.32 Å². The smallest absolute Gasteiger partial charge is 0.0357 e. The van der Waals surface area contributed by atoms with Crippen molar-refractivity contribution in [2.75, 3.05) is 7.05 Å². The molecule has 0 bridgehead atoms. The third-order valence-electron chi connectivity index (χ3n) is 4.30. The van der Waals surface area contributed by atoms with Crippen molar-refractivity contribution in [2.45, 2.75) is 32.2 Å². The second-order valence-electron chi connectivity index (χ2n) is 5.19. The van der Waals surface area contributed by atoms with Crippen molar-refractivity contribution in [1.82, 2.24) is 5.32 Å². The summed E-state index contributed by atoms with van der Waals surface area (Å²) in [6.45, 7) is 2.25. The SMILES string of the molecule is CNC(c1ccsc1C)C1CC2CC2C1. The van der Waals surface area contributed by atoms with E-state index in [2.05, 4.69) is 30.7 Å². The van der Waals surface area contributed by atoms with Gasteiger partial charge in [-0.05, 0) is 68.0 Å². The predicted octanol–water partition coefficient (Wildman–Crippen LogP) is 3.36. The van der Waals surface area contributed by atoms with Crippen molar-refractivity contribution in [3.63, 3.8) is 0 Å². The maximum atomic E-state index is 3.54. The minimum atomic E-state index is 0.615. The number of fused-ring (bicyclic) bond motifs is 1. The fourth-order valence-corrected chi connectivity index (χ4v) is 4.15. The monoisotopic (exact) mass is 221 g/mol. The van der Waals surface area contributed by atoms with Crippen LogP contribution in [0.4, 0.5) is 0 Å². The minimum Gasteiger partial charge on any atom is -0.313 e. The van der Waals surface area contributed by atoms with Crippen LogP contribution in [0.5, 0.6) is 0 Å². The van der Waals surface area contributed by atoms with Gasteiger partial charge in [0.15, 0.2) is 0 Å². The molecule has 2 aliphatic rings. The van der Waals surface area contributed by atoms with E-state index in [0.717, 1.165) is 17.8 Å². The molecule has 0 spiro atoms. The average molecular weight is 221 g/mol. The maximum absolute atomic E-state index is 3.54. The Hall–Kier alpha value is -0.340. The van der Waals surface area contributed by atoms with Gasteiger partial charge in [-0.15, -0.1) is 11.3 Å². The molecule has 2 saturated carbocycles. The highest BCUT2D eigenvalue weighted by molar-refractivity contribution is 7.10. The van der Waals surface area contributed by atoms with Crippen molar-refractivity contribution in [1.29, 1.82) is 0 Å². The van der Waals surface area contributed by atoms with E-state index in [1.165, 1.54) is 24.1 Å². The van der Waals surface area contributed by atoms with Crippen LogP contribution in [-0.4, -0.2) is 7.05 Å². The van der Waals surface area contributed by atoms with Crippen LogP contribution in [0, 0.1) is 24.7 Å². The Morgan fingerprint density at radius 3 is 2.60 bits per heavy atom. The second-order valence-corrected chi connectivity index (χ2v) is 6.31. The second kappa shape index (κ2) is 3.60. The molecule has 3 rings (SSSR count). The molecule has 0 aliphatic heterocycles. The molecule has 1 heterocycles. The fourth-order valence-electron chi connectivity index (χ4n) is 3.40. The summed E-state index contributed by atoms with van der Waals surface area (Å²) in [6, 6.07) is 2.93. The van der Waals surface area contributed by atoms with E-state index in [-0.39, 0.29) is 0 Å². The zero-order valence-corrected chi connectivity index (χ0v) is 10.3. The van der Waals surface area contributed by atoms with Crippen LogP contribution in [0.1, 0.15) is 35.7 Å². The zero-order valence-electron chi connectivity index (χ0n) is 9.49. The van der Waals surface area contributed by atoms with Crippen molar-refractivity contribution in [3.05, 3.63) is 21.9 Å². The van der Waals surface area contributed by atoms with Gasteiger partial charge in [0.1, 0.15) is 0 Å². The molecule has 82 valence electrons. The Morgan fingerprint density at radius 2 is 2.07 bits per heavy atom. The lowest BCUT2D eigenvalue weighted by Gasteiger charge is -2.24. The van der Waals surface area contributed by atoms with Gasteiger partial charge in [0.05, 0.1) is 0 Å². The van der Waals surface area contributed by atoms with Gasteiger partial charge in [-0.1, -0.05) is 0 Å². The molecule has 0 saturated heterocycles. The summed E-state index contributed by atoms with van der Waals surface area (Å²) >= 11 is 1.88. The lowest BCUT2D eigenvalue weighted by atomic mass is 9.89. The van der Waals surface area contributed by atoms with Crippen molar-refractivity contribution in [2.24, 2.45) is 17.8 Å². The van der Waals surface area contributed by atoms with Crippen LogP contribution in [-0.2, 0) is 0 Å². The molecule has 0 aromatic carbocycles. The molecule has 1 N–H and O–H groups in total. The number of thiophene rings is 1. The van der Waals surface area contributed by atoms with Crippen molar-refractivity contribution in [3.8, 4) is 0 Å². The van der Waals surface area contributed by atoms with Gasteiger partial charge in [0, 0.05) is 10.9 Å². The molecule has 2 aliphatic carbocycles. The van der Waals surface area contributed by atoms with Crippen molar-refractivity contribution < 1.29 is 0 Å². The minimum absolute atomic E-state index is 0.615. The average Bonchev–Trinajstić information content (AvgIpc) is 2.65. The molecular weight excluding hydrogens is 202 g/mol. The summed E-state index contributed by atoms with van der Waals surface area (Å²) in [7, 11) is 2.12. The summed E-state index contributed by atoms with van der Waals surface area (Å²) in [4.78, 5) is 1.50. The summed E-state index contributed by atoms with van der Waals surface area (Å²) in [6.07, 6.45) is 4.45. The summed E-state index contributed by atoms with van der Waals surface area (Å²) in [5.74, 6) is 3.07. The Kier molecular flexibility index (Phi) is 2.37. The molecule has 15 heavy (non-hydrogen) atoms. The molecule has 0 amide bonds. The highest BCUT2D eigenvalue weighted by Crippen LogP contribution is 2.57. The summed E-state index contributed by atoms with van der Waals surface area (Å²) in [5, 5.41) is 5.76. The maximum Gasteiger partial charge on any atom is 0.0357 e. The van der Waals surface area contributed by atoms with Crippen molar-refractivity contribution >= 4 is 11.3 Å². The molecule has 0 radical (unpaired) electrons. The predicted molar refractivity (Wildman–Crippen MR) is 65.2 cm³/mol. The quantitative estimate of drug-likeness (QED) is 0.825. The number of nitrogens with one attached hydrogen (secondary N) is 1. The van der Waals surface area contributed by atoms with E-state index >= 15 is 0 Å². The number of hydrogen-bond acceptors (Lipinski definition) is 2. The number of hydrogen-bond donors (Lipinski definition) is 1. The highest BCUT2D eigenvalue weighted by Gasteiger charge is 2.47. The van der Waals surface area contributed by atoms with Gasteiger partial charge in [-0.25, -0.2) is 0 Å². The van der Waals surface area contributed by atoms with Gasteiger partial charge >= 0.3 is 0 Å². The van der Waals surface area contributed by atoms with E-state index in [1.54, 1.807) is 5.56 Å². The first-order valence-corrected chi connectivity index (χ1v) is 6.88. The molecule has 2 fully saturated rings. The van der Waals surface area contributed by atoms with Crippen LogP contribution < -0.4 is 5.32 Å². The molecule has 3 atom stereocenters. The first-order valence-electron chi connectivity index (χ1n) is 6.01. The Bertz CT molecular complexity index is 347.